The molecule has 156 valence electrons. The highest BCUT2D eigenvalue weighted by atomic mass is 16.5. The van der Waals surface area contributed by atoms with Gasteiger partial charge < -0.3 is 20.1 Å². The molecule has 1 aromatic heterocycles. The number of carboxylic acids is 1. The monoisotopic (exact) mass is 394 g/mol. The minimum absolute atomic E-state index is 0.0932. The largest absolute Gasteiger partial charge is 0.481 e. The first-order valence-corrected chi connectivity index (χ1v) is 9.70. The summed E-state index contributed by atoms with van der Waals surface area (Å²) in [6.45, 7) is 8.28. The van der Waals surface area contributed by atoms with Gasteiger partial charge in [-0.3, -0.25) is 19.4 Å². The topological polar surface area (TPSA) is 125 Å². The Morgan fingerprint density at radius 3 is 2.57 bits per heavy atom. The second kappa shape index (κ2) is 10.2. The van der Waals surface area contributed by atoms with E-state index in [1.807, 2.05) is 18.7 Å². The molecular formula is C19H30N4O5. The minimum Gasteiger partial charge on any atom is -0.481 e. The number of carbonyl (C=O) groups is 2. The number of nitrogens with one attached hydrogen (secondary N) is 2. The molecule has 1 aliphatic heterocycles. The van der Waals surface area contributed by atoms with Gasteiger partial charge in [0.1, 0.15) is 0 Å². The normalized spacial score (nSPS) is 15.5. The Morgan fingerprint density at radius 2 is 2.00 bits per heavy atom. The molecule has 2 rings (SSSR count). The molecule has 1 fully saturated rings. The number of aromatic nitrogens is 2. The van der Waals surface area contributed by atoms with Crippen molar-refractivity contribution in [1.82, 2.24) is 15.3 Å². The van der Waals surface area contributed by atoms with Crippen LogP contribution in [0.25, 0.3) is 0 Å². The molecule has 1 atom stereocenters. The molecule has 1 aromatic rings. The maximum Gasteiger partial charge on any atom is 0.308 e. The fourth-order valence-corrected chi connectivity index (χ4v) is 3.22. The third-order valence-electron chi connectivity index (χ3n) is 4.77. The van der Waals surface area contributed by atoms with Crippen LogP contribution in [0.5, 0.6) is 0 Å². The van der Waals surface area contributed by atoms with Crippen molar-refractivity contribution in [2.75, 3.05) is 37.7 Å². The van der Waals surface area contributed by atoms with Crippen LogP contribution in [-0.4, -0.2) is 59.8 Å². The number of amides is 1. The Labute approximate surface area is 164 Å². The third-order valence-corrected chi connectivity index (χ3v) is 4.77. The molecule has 1 amide bonds. The van der Waals surface area contributed by atoms with Crippen molar-refractivity contribution in [3.8, 4) is 0 Å². The van der Waals surface area contributed by atoms with E-state index in [0.717, 1.165) is 0 Å². The lowest BCUT2D eigenvalue weighted by molar-refractivity contribution is -0.142. The van der Waals surface area contributed by atoms with Crippen molar-refractivity contribution in [3.05, 3.63) is 21.6 Å². The predicted octanol–water partition coefficient (Wildman–Crippen LogP) is 0.711. The van der Waals surface area contributed by atoms with E-state index < -0.39 is 11.9 Å². The maximum absolute atomic E-state index is 12.4. The van der Waals surface area contributed by atoms with Gasteiger partial charge in [0.05, 0.1) is 19.1 Å². The van der Waals surface area contributed by atoms with Crippen LogP contribution in [0.15, 0.2) is 4.79 Å². The van der Waals surface area contributed by atoms with E-state index in [9.17, 15) is 19.5 Å². The lowest BCUT2D eigenvalue weighted by Crippen LogP contribution is -2.39. The molecule has 9 nitrogen and oxygen atoms in total. The van der Waals surface area contributed by atoms with Crippen LogP contribution in [0.1, 0.15) is 37.9 Å². The van der Waals surface area contributed by atoms with Crippen LogP contribution in [0, 0.1) is 18.8 Å². The molecule has 0 bridgehead atoms. The number of nitrogens with zero attached hydrogens (tertiary/aromatic N) is 2. The number of aryl methyl sites for hydroxylation is 1. The molecule has 1 saturated heterocycles. The molecular weight excluding hydrogens is 364 g/mol. The van der Waals surface area contributed by atoms with Gasteiger partial charge in [0.15, 0.2) is 0 Å². The Kier molecular flexibility index (Phi) is 7.98. The summed E-state index contributed by atoms with van der Waals surface area (Å²) in [4.78, 5) is 45.0. The molecule has 2 heterocycles. The van der Waals surface area contributed by atoms with E-state index in [1.54, 1.807) is 6.92 Å². The number of hydrogen-bond acceptors (Lipinski definition) is 6. The number of anilines is 1. The molecule has 3 N–H and O–H groups in total. The highest BCUT2D eigenvalue weighted by Crippen LogP contribution is 2.12. The zero-order chi connectivity index (χ0) is 20.7. The second-order valence-corrected chi connectivity index (χ2v) is 7.52. The van der Waals surface area contributed by atoms with Crippen molar-refractivity contribution in [2.24, 2.45) is 11.8 Å². The minimum atomic E-state index is -0.913. The number of H-pyrrole nitrogens is 1. The van der Waals surface area contributed by atoms with E-state index in [1.165, 1.54) is 0 Å². The molecule has 0 aliphatic carbocycles. The van der Waals surface area contributed by atoms with E-state index in [0.29, 0.717) is 49.9 Å². The first kappa shape index (κ1) is 21.9. The Morgan fingerprint density at radius 1 is 1.32 bits per heavy atom. The van der Waals surface area contributed by atoms with Gasteiger partial charge >= 0.3 is 5.97 Å². The third kappa shape index (κ3) is 6.33. The highest BCUT2D eigenvalue weighted by Gasteiger charge is 2.20. The van der Waals surface area contributed by atoms with E-state index in [-0.39, 0.29) is 36.8 Å². The van der Waals surface area contributed by atoms with Gasteiger partial charge in [-0.05, 0) is 25.7 Å². The van der Waals surface area contributed by atoms with E-state index in [2.05, 4.69) is 15.3 Å². The summed E-state index contributed by atoms with van der Waals surface area (Å²) in [5.41, 5.74) is 0.829. The van der Waals surface area contributed by atoms with Gasteiger partial charge in [-0.1, -0.05) is 13.8 Å². The number of rotatable bonds is 9. The van der Waals surface area contributed by atoms with Gasteiger partial charge in [-0.25, -0.2) is 4.98 Å². The van der Waals surface area contributed by atoms with Crippen molar-refractivity contribution in [3.63, 3.8) is 0 Å². The van der Waals surface area contributed by atoms with Gasteiger partial charge in [-0.2, -0.15) is 0 Å². The highest BCUT2D eigenvalue weighted by molar-refractivity contribution is 5.77. The van der Waals surface area contributed by atoms with Crippen LogP contribution in [0.4, 0.5) is 5.95 Å². The Balaban J connectivity index is 1.91. The summed E-state index contributed by atoms with van der Waals surface area (Å²) < 4.78 is 5.30. The fraction of sp³-hybridized carbons (Fsp3) is 0.684. The molecule has 9 heteroatoms. The summed E-state index contributed by atoms with van der Waals surface area (Å²) >= 11 is 0. The molecule has 1 aliphatic rings. The SMILES string of the molecule is Cc1nc(N2CCOCC2)[nH]c(=O)c1CCC(=O)NCC(CC(C)C)C(=O)O. The van der Waals surface area contributed by atoms with Crippen molar-refractivity contribution in [1.29, 1.82) is 0 Å². The van der Waals surface area contributed by atoms with E-state index >= 15 is 0 Å². The van der Waals surface area contributed by atoms with Crippen LogP contribution in [0.3, 0.4) is 0 Å². The molecule has 28 heavy (non-hydrogen) atoms. The standard InChI is InChI=1S/C19H30N4O5/c1-12(2)10-14(18(26)27)11-20-16(24)5-4-15-13(3)21-19(22-17(15)25)23-6-8-28-9-7-23/h12,14H,4-11H2,1-3H3,(H,20,24)(H,26,27)(H,21,22,25). The second-order valence-electron chi connectivity index (χ2n) is 7.52. The van der Waals surface area contributed by atoms with Gasteiger partial charge in [0, 0.05) is 37.3 Å². The number of carbonyl (C=O) groups excluding carboxylic acids is 1. The Hall–Kier alpha value is -2.42. The fourth-order valence-electron chi connectivity index (χ4n) is 3.22. The number of aliphatic carboxylic acids is 1. The average molecular weight is 394 g/mol. The van der Waals surface area contributed by atoms with Crippen LogP contribution >= 0.6 is 0 Å². The zero-order valence-corrected chi connectivity index (χ0v) is 16.8. The van der Waals surface area contributed by atoms with Crippen molar-refractivity contribution in [2.45, 2.75) is 40.0 Å². The number of carboxylic acid groups (broad SMARTS) is 1. The molecule has 0 radical (unpaired) electrons. The summed E-state index contributed by atoms with van der Waals surface area (Å²) in [6, 6.07) is 0. The van der Waals surface area contributed by atoms with Crippen molar-refractivity contribution < 1.29 is 19.4 Å². The Bertz CT molecular complexity index is 740. The average Bonchev–Trinajstić information content (AvgIpc) is 2.64. The smallest absolute Gasteiger partial charge is 0.308 e. The summed E-state index contributed by atoms with van der Waals surface area (Å²) in [6.07, 6.45) is 0.864. The lowest BCUT2D eigenvalue weighted by Gasteiger charge is -2.27. The molecule has 0 aromatic carbocycles. The number of aromatic amines is 1. The van der Waals surface area contributed by atoms with Crippen LogP contribution < -0.4 is 15.8 Å². The first-order chi connectivity index (χ1) is 13.3. The van der Waals surface area contributed by atoms with Crippen LogP contribution in [-0.2, 0) is 20.7 Å². The number of ether oxygens (including phenoxy) is 1. The first-order valence-electron chi connectivity index (χ1n) is 9.70. The quantitative estimate of drug-likeness (QED) is 0.563. The maximum atomic E-state index is 12.4. The zero-order valence-electron chi connectivity index (χ0n) is 16.8. The summed E-state index contributed by atoms with van der Waals surface area (Å²) in [5, 5.41) is 11.9. The summed E-state index contributed by atoms with van der Waals surface area (Å²) in [5.74, 6) is -1.04. The molecule has 0 spiro atoms. The molecule has 1 unspecified atom stereocenters. The van der Waals surface area contributed by atoms with E-state index in [4.69, 9.17) is 4.74 Å². The van der Waals surface area contributed by atoms with Gasteiger partial charge in [0.2, 0.25) is 11.9 Å². The van der Waals surface area contributed by atoms with Crippen molar-refractivity contribution >= 4 is 17.8 Å². The summed E-state index contributed by atoms with van der Waals surface area (Å²) in [7, 11) is 0. The molecule has 0 saturated carbocycles. The number of hydrogen-bond donors (Lipinski definition) is 3. The predicted molar refractivity (Wildman–Crippen MR) is 105 cm³/mol. The lowest BCUT2D eigenvalue weighted by atomic mass is 9.97. The van der Waals surface area contributed by atoms with Crippen LogP contribution in [0.2, 0.25) is 0 Å². The van der Waals surface area contributed by atoms with Gasteiger partial charge in [0.25, 0.3) is 5.56 Å². The van der Waals surface area contributed by atoms with Gasteiger partial charge in [-0.15, -0.1) is 0 Å². The number of morpholine rings is 1.